The Balaban J connectivity index is 1.25. The summed E-state index contributed by atoms with van der Waals surface area (Å²) in [4.78, 5) is 0. The summed E-state index contributed by atoms with van der Waals surface area (Å²) in [7, 11) is 0. The van der Waals surface area contributed by atoms with Gasteiger partial charge in [-0.05, 0) is 18.6 Å². The van der Waals surface area contributed by atoms with Crippen LogP contribution in [0.2, 0.25) is 0 Å². The molecule has 5 nitrogen and oxygen atoms in total. The van der Waals surface area contributed by atoms with Crippen molar-refractivity contribution in [3.8, 4) is 5.75 Å². The minimum absolute atomic E-state index is 0.261. The predicted octanol–water partition coefficient (Wildman–Crippen LogP) is 1.83. The monoisotopic (exact) mass is 298 g/mol. The molecule has 0 saturated heterocycles. The van der Waals surface area contributed by atoms with Crippen LogP contribution in [0.25, 0.3) is 0 Å². The summed E-state index contributed by atoms with van der Waals surface area (Å²) in [6, 6.07) is 10.4. The van der Waals surface area contributed by atoms with Crippen LogP contribution in [0.5, 0.6) is 5.75 Å². The second-order valence-corrected chi connectivity index (χ2v) is 6.31. The molecule has 0 unspecified atom stereocenters. The lowest BCUT2D eigenvalue weighted by Gasteiger charge is -2.25. The zero-order valence-corrected chi connectivity index (χ0v) is 12.9. The molecule has 2 N–H and O–H groups in total. The van der Waals surface area contributed by atoms with E-state index in [0.717, 1.165) is 49.9 Å². The van der Waals surface area contributed by atoms with Crippen LogP contribution in [-0.4, -0.2) is 35.5 Å². The van der Waals surface area contributed by atoms with Crippen molar-refractivity contribution in [3.63, 3.8) is 0 Å². The second kappa shape index (κ2) is 5.65. The van der Waals surface area contributed by atoms with Gasteiger partial charge in [0.2, 0.25) is 0 Å². The van der Waals surface area contributed by atoms with Crippen LogP contribution < -0.4 is 15.4 Å². The van der Waals surface area contributed by atoms with Gasteiger partial charge in [-0.3, -0.25) is 0 Å². The third-order valence-corrected chi connectivity index (χ3v) is 4.42. The first-order valence-corrected chi connectivity index (χ1v) is 8.01. The van der Waals surface area contributed by atoms with Crippen LogP contribution in [-0.2, 0) is 13.0 Å². The highest BCUT2D eigenvalue weighted by Crippen LogP contribution is 2.27. The highest BCUT2D eigenvalue weighted by molar-refractivity contribution is 5.38. The topological polar surface area (TPSA) is 51.1 Å². The first-order valence-electron chi connectivity index (χ1n) is 8.01. The minimum Gasteiger partial charge on any atom is -0.488 e. The van der Waals surface area contributed by atoms with Gasteiger partial charge in [0.25, 0.3) is 0 Å². The maximum Gasteiger partial charge on any atom is 0.124 e. The molecule has 0 radical (unpaired) electrons. The van der Waals surface area contributed by atoms with Crippen LogP contribution >= 0.6 is 0 Å². The van der Waals surface area contributed by atoms with Crippen LogP contribution in [0.1, 0.15) is 11.3 Å². The lowest BCUT2D eigenvalue weighted by atomic mass is 10.1. The number of para-hydroxylation sites is 1. The number of benzene rings is 1. The molecule has 3 heterocycles. The average Bonchev–Trinajstić information content (AvgIpc) is 3.08. The zero-order chi connectivity index (χ0) is 14.9. The molecule has 1 aromatic heterocycles. The molecule has 2 atom stereocenters. The van der Waals surface area contributed by atoms with Crippen molar-refractivity contribution in [2.75, 3.05) is 25.0 Å². The molecule has 2 aromatic rings. The Labute approximate surface area is 130 Å². The highest BCUT2D eigenvalue weighted by atomic mass is 16.5. The lowest BCUT2D eigenvalue weighted by molar-refractivity contribution is 0.223. The van der Waals surface area contributed by atoms with E-state index < -0.39 is 0 Å². The number of fused-ring (bicyclic) bond motifs is 2. The fraction of sp³-hybridized carbons (Fsp3) is 0.471. The van der Waals surface area contributed by atoms with Crippen molar-refractivity contribution in [2.45, 2.75) is 26.0 Å². The van der Waals surface area contributed by atoms with Gasteiger partial charge in [-0.15, -0.1) is 0 Å². The van der Waals surface area contributed by atoms with Crippen LogP contribution in [0.15, 0.2) is 30.3 Å². The zero-order valence-electron chi connectivity index (χ0n) is 12.9. The minimum atomic E-state index is 0.261. The Morgan fingerprint density at radius 1 is 1.36 bits per heavy atom. The van der Waals surface area contributed by atoms with Gasteiger partial charge in [0.05, 0.1) is 5.69 Å². The van der Waals surface area contributed by atoms with E-state index in [1.54, 1.807) is 0 Å². The van der Waals surface area contributed by atoms with Crippen molar-refractivity contribution in [1.82, 2.24) is 15.1 Å². The van der Waals surface area contributed by atoms with E-state index in [1.807, 2.05) is 13.0 Å². The number of hydrogen-bond donors (Lipinski definition) is 2. The summed E-state index contributed by atoms with van der Waals surface area (Å²) >= 11 is 0. The summed E-state index contributed by atoms with van der Waals surface area (Å²) < 4.78 is 8.04. The van der Waals surface area contributed by atoms with E-state index in [9.17, 15) is 0 Å². The maximum atomic E-state index is 5.96. The van der Waals surface area contributed by atoms with Gasteiger partial charge in [-0.2, -0.15) is 5.10 Å². The highest BCUT2D eigenvalue weighted by Gasteiger charge is 2.23. The van der Waals surface area contributed by atoms with Crippen molar-refractivity contribution in [3.05, 3.63) is 41.6 Å². The van der Waals surface area contributed by atoms with Crippen molar-refractivity contribution >= 4 is 5.82 Å². The fourth-order valence-electron chi connectivity index (χ4n) is 3.34. The van der Waals surface area contributed by atoms with Crippen molar-refractivity contribution < 1.29 is 4.74 Å². The van der Waals surface area contributed by atoms with Crippen LogP contribution in [0.3, 0.4) is 0 Å². The summed E-state index contributed by atoms with van der Waals surface area (Å²) in [5.74, 6) is 2.75. The number of rotatable bonds is 4. The molecule has 0 spiro atoms. The number of aryl methyl sites for hydroxylation is 1. The molecule has 0 bridgehead atoms. The van der Waals surface area contributed by atoms with E-state index in [0.29, 0.717) is 5.92 Å². The molecule has 2 aliphatic rings. The molecular formula is C17H22N4O. The molecule has 0 amide bonds. The number of nitrogens with one attached hydrogen (secondary N) is 2. The molecule has 1 aromatic carbocycles. The molecule has 116 valence electrons. The van der Waals surface area contributed by atoms with Gasteiger partial charge in [-0.1, -0.05) is 18.2 Å². The van der Waals surface area contributed by atoms with Gasteiger partial charge in [-0.25, -0.2) is 4.68 Å². The SMILES string of the molecule is Cc1cc2n(n1)C[C@@H](CNC[C@H]1Cc3ccccc3O1)CN2. The third-order valence-electron chi connectivity index (χ3n) is 4.42. The van der Waals surface area contributed by atoms with Crippen LogP contribution in [0, 0.1) is 12.8 Å². The Bertz CT molecular complexity index is 641. The quantitative estimate of drug-likeness (QED) is 0.904. The van der Waals surface area contributed by atoms with Crippen molar-refractivity contribution in [1.29, 1.82) is 0 Å². The Morgan fingerprint density at radius 3 is 3.18 bits per heavy atom. The number of ether oxygens (including phenoxy) is 1. The molecule has 0 saturated carbocycles. The molecule has 22 heavy (non-hydrogen) atoms. The Hall–Kier alpha value is -2.01. The van der Waals surface area contributed by atoms with Gasteiger partial charge < -0.3 is 15.4 Å². The molecule has 2 aliphatic heterocycles. The van der Waals surface area contributed by atoms with E-state index >= 15 is 0 Å². The van der Waals surface area contributed by atoms with Gasteiger partial charge in [0.1, 0.15) is 17.7 Å². The number of hydrogen-bond acceptors (Lipinski definition) is 4. The molecule has 0 aliphatic carbocycles. The van der Waals surface area contributed by atoms with E-state index in [2.05, 4.69) is 44.7 Å². The first kappa shape index (κ1) is 13.6. The maximum absolute atomic E-state index is 5.96. The van der Waals surface area contributed by atoms with Crippen LogP contribution in [0.4, 0.5) is 5.82 Å². The summed E-state index contributed by atoms with van der Waals surface area (Å²) in [6.45, 7) is 5.91. The van der Waals surface area contributed by atoms with Gasteiger partial charge >= 0.3 is 0 Å². The Kier molecular flexibility index (Phi) is 3.50. The molecular weight excluding hydrogens is 276 g/mol. The van der Waals surface area contributed by atoms with E-state index in [4.69, 9.17) is 4.74 Å². The average molecular weight is 298 g/mol. The van der Waals surface area contributed by atoms with E-state index in [1.165, 1.54) is 5.56 Å². The summed E-state index contributed by atoms with van der Waals surface area (Å²) in [6.07, 6.45) is 1.27. The smallest absolute Gasteiger partial charge is 0.124 e. The predicted molar refractivity (Wildman–Crippen MR) is 86.4 cm³/mol. The largest absolute Gasteiger partial charge is 0.488 e. The molecule has 5 heteroatoms. The normalized spacial score (nSPS) is 22.6. The van der Waals surface area contributed by atoms with Gasteiger partial charge in [0, 0.05) is 44.6 Å². The van der Waals surface area contributed by atoms with E-state index in [-0.39, 0.29) is 6.10 Å². The molecule has 0 fully saturated rings. The lowest BCUT2D eigenvalue weighted by Crippen LogP contribution is -2.39. The summed E-state index contributed by atoms with van der Waals surface area (Å²) in [5, 5.41) is 11.5. The van der Waals surface area contributed by atoms with Crippen molar-refractivity contribution in [2.24, 2.45) is 5.92 Å². The Morgan fingerprint density at radius 2 is 2.27 bits per heavy atom. The number of nitrogens with zero attached hydrogens (tertiary/aromatic N) is 2. The first-order chi connectivity index (χ1) is 10.8. The second-order valence-electron chi connectivity index (χ2n) is 6.31. The fourth-order valence-corrected chi connectivity index (χ4v) is 3.34. The standard InChI is InChI=1S/C17H22N4O/c1-12-6-17-19-9-13(11-21(17)20-12)8-18-10-15-7-14-4-2-3-5-16(14)22-15/h2-6,13,15,18-19H,7-11H2,1H3/t13-,15+/m0/s1. The number of anilines is 1. The number of aromatic nitrogens is 2. The third kappa shape index (κ3) is 2.68. The van der Waals surface area contributed by atoms with Gasteiger partial charge in [0.15, 0.2) is 0 Å². The summed E-state index contributed by atoms with van der Waals surface area (Å²) in [5.41, 5.74) is 2.40. The molecule has 4 rings (SSSR count).